The molecular formula is C17H20O2S. The number of rotatable bonds is 6. The lowest BCUT2D eigenvalue weighted by molar-refractivity contribution is 0.592. The average Bonchev–Trinajstić information content (AvgIpc) is 2.42. The Morgan fingerprint density at radius 3 is 2.15 bits per heavy atom. The fourth-order valence-corrected chi connectivity index (χ4v) is 3.58. The van der Waals surface area contributed by atoms with E-state index in [2.05, 4.69) is 0 Å². The Labute approximate surface area is 121 Å². The van der Waals surface area contributed by atoms with Crippen molar-refractivity contribution in [1.29, 1.82) is 0 Å². The minimum Gasteiger partial charge on any atom is -0.228 e. The van der Waals surface area contributed by atoms with Crippen LogP contribution in [0.2, 0.25) is 0 Å². The minimum atomic E-state index is -3.02. The Morgan fingerprint density at radius 2 is 1.50 bits per heavy atom. The maximum absolute atomic E-state index is 12.1. The lowest BCUT2D eigenvalue weighted by Crippen LogP contribution is -2.10. The van der Waals surface area contributed by atoms with Crippen LogP contribution in [0.1, 0.15) is 23.1 Å². The van der Waals surface area contributed by atoms with E-state index in [1.807, 2.05) is 61.5 Å². The van der Waals surface area contributed by atoms with Gasteiger partial charge in [-0.25, -0.2) is 8.42 Å². The summed E-state index contributed by atoms with van der Waals surface area (Å²) in [6, 6.07) is 17.7. The molecule has 2 aromatic carbocycles. The normalized spacial score (nSPS) is 11.4. The number of hydrogen-bond acceptors (Lipinski definition) is 2. The van der Waals surface area contributed by atoms with Crippen molar-refractivity contribution in [3.63, 3.8) is 0 Å². The summed E-state index contributed by atoms with van der Waals surface area (Å²) in [6.07, 6.45) is 1.49. The van der Waals surface area contributed by atoms with Crippen LogP contribution in [0.3, 0.4) is 0 Å². The molecule has 0 fully saturated rings. The molecule has 0 radical (unpaired) electrons. The highest BCUT2D eigenvalue weighted by Gasteiger charge is 2.11. The van der Waals surface area contributed by atoms with Gasteiger partial charge in [0.2, 0.25) is 0 Å². The third kappa shape index (κ3) is 4.82. The van der Waals surface area contributed by atoms with E-state index in [1.54, 1.807) is 0 Å². The third-order valence-corrected chi connectivity index (χ3v) is 4.95. The second kappa shape index (κ2) is 6.71. The summed E-state index contributed by atoms with van der Waals surface area (Å²) in [4.78, 5) is 0. The molecule has 0 spiro atoms. The van der Waals surface area contributed by atoms with Gasteiger partial charge in [-0.2, -0.15) is 0 Å². The molecule has 0 aliphatic carbocycles. The molecule has 0 aliphatic heterocycles. The van der Waals surface area contributed by atoms with E-state index in [9.17, 15) is 8.42 Å². The number of aryl methyl sites for hydroxylation is 2. The van der Waals surface area contributed by atoms with Crippen molar-refractivity contribution in [1.82, 2.24) is 0 Å². The fourth-order valence-electron chi connectivity index (χ4n) is 2.15. The highest BCUT2D eigenvalue weighted by Crippen LogP contribution is 2.11. The Kier molecular flexibility index (Phi) is 4.96. The van der Waals surface area contributed by atoms with Gasteiger partial charge in [0, 0.05) is 0 Å². The number of sulfone groups is 1. The monoisotopic (exact) mass is 288 g/mol. The van der Waals surface area contributed by atoms with Gasteiger partial charge in [-0.1, -0.05) is 60.2 Å². The SMILES string of the molecule is Cc1ccc(CS(=O)(=O)CCCc2ccccc2)cc1. The molecule has 2 rings (SSSR count). The molecule has 0 atom stereocenters. The van der Waals surface area contributed by atoms with Crippen molar-refractivity contribution < 1.29 is 8.42 Å². The summed E-state index contributed by atoms with van der Waals surface area (Å²) in [5.41, 5.74) is 3.21. The Bertz CT molecular complexity index is 628. The minimum absolute atomic E-state index is 0.141. The van der Waals surface area contributed by atoms with Gasteiger partial charge in [0.15, 0.2) is 9.84 Å². The fraction of sp³-hybridized carbons (Fsp3) is 0.294. The van der Waals surface area contributed by atoms with E-state index >= 15 is 0 Å². The standard InChI is InChI=1S/C17H20O2S/c1-15-9-11-17(12-10-15)14-20(18,19)13-5-8-16-6-3-2-4-7-16/h2-4,6-7,9-12H,5,8,13-14H2,1H3. The first kappa shape index (κ1) is 14.8. The van der Waals surface area contributed by atoms with Crippen molar-refractivity contribution in [3.05, 3.63) is 71.3 Å². The van der Waals surface area contributed by atoms with E-state index in [1.165, 1.54) is 5.56 Å². The number of hydrogen-bond donors (Lipinski definition) is 0. The third-order valence-electron chi connectivity index (χ3n) is 3.27. The van der Waals surface area contributed by atoms with Crippen LogP contribution in [0.15, 0.2) is 54.6 Å². The van der Waals surface area contributed by atoms with Crippen LogP contribution in [0.5, 0.6) is 0 Å². The second-order valence-electron chi connectivity index (χ2n) is 5.17. The molecule has 20 heavy (non-hydrogen) atoms. The van der Waals surface area contributed by atoms with Crippen molar-refractivity contribution in [2.45, 2.75) is 25.5 Å². The molecule has 2 aromatic rings. The predicted molar refractivity (Wildman–Crippen MR) is 83.4 cm³/mol. The van der Waals surface area contributed by atoms with Gasteiger partial charge in [0.25, 0.3) is 0 Å². The Hall–Kier alpha value is -1.61. The van der Waals surface area contributed by atoms with Crippen LogP contribution in [0.4, 0.5) is 0 Å². The van der Waals surface area contributed by atoms with Crippen molar-refractivity contribution >= 4 is 9.84 Å². The quantitative estimate of drug-likeness (QED) is 0.814. The van der Waals surface area contributed by atoms with Gasteiger partial charge < -0.3 is 0 Å². The molecule has 0 amide bonds. The van der Waals surface area contributed by atoms with E-state index in [0.717, 1.165) is 17.5 Å². The predicted octanol–water partition coefficient (Wildman–Crippen LogP) is 3.54. The van der Waals surface area contributed by atoms with Crippen molar-refractivity contribution in [2.75, 3.05) is 5.75 Å². The molecule has 2 nitrogen and oxygen atoms in total. The van der Waals surface area contributed by atoms with Gasteiger partial charge in [-0.05, 0) is 30.9 Å². The summed E-state index contributed by atoms with van der Waals surface area (Å²) < 4.78 is 24.2. The van der Waals surface area contributed by atoms with Gasteiger partial charge in [-0.15, -0.1) is 0 Å². The molecule has 0 heterocycles. The molecular weight excluding hydrogens is 268 g/mol. The first-order valence-electron chi connectivity index (χ1n) is 6.85. The first-order valence-corrected chi connectivity index (χ1v) is 8.67. The van der Waals surface area contributed by atoms with E-state index in [-0.39, 0.29) is 11.5 Å². The largest absolute Gasteiger partial charge is 0.228 e. The highest BCUT2D eigenvalue weighted by atomic mass is 32.2. The summed E-state index contributed by atoms with van der Waals surface area (Å²) >= 11 is 0. The topological polar surface area (TPSA) is 34.1 Å². The van der Waals surface area contributed by atoms with E-state index in [0.29, 0.717) is 6.42 Å². The molecule has 0 N–H and O–H groups in total. The van der Waals surface area contributed by atoms with Gasteiger partial charge in [0.05, 0.1) is 11.5 Å². The van der Waals surface area contributed by atoms with Gasteiger partial charge in [0.1, 0.15) is 0 Å². The smallest absolute Gasteiger partial charge is 0.154 e. The summed E-state index contributed by atoms with van der Waals surface area (Å²) in [7, 11) is -3.02. The van der Waals surface area contributed by atoms with Crippen LogP contribution in [-0.4, -0.2) is 14.2 Å². The maximum Gasteiger partial charge on any atom is 0.154 e. The Balaban J connectivity index is 1.86. The van der Waals surface area contributed by atoms with Crippen molar-refractivity contribution in [3.8, 4) is 0 Å². The molecule has 0 saturated carbocycles. The molecule has 0 saturated heterocycles. The zero-order valence-corrected chi connectivity index (χ0v) is 12.6. The van der Waals surface area contributed by atoms with E-state index < -0.39 is 9.84 Å². The molecule has 0 aromatic heterocycles. The second-order valence-corrected chi connectivity index (χ2v) is 7.35. The zero-order valence-electron chi connectivity index (χ0n) is 11.7. The average molecular weight is 288 g/mol. The lowest BCUT2D eigenvalue weighted by Gasteiger charge is -2.05. The maximum atomic E-state index is 12.1. The Morgan fingerprint density at radius 1 is 0.850 bits per heavy atom. The summed E-state index contributed by atoms with van der Waals surface area (Å²) in [6.45, 7) is 2.00. The van der Waals surface area contributed by atoms with Crippen LogP contribution >= 0.6 is 0 Å². The van der Waals surface area contributed by atoms with Crippen LogP contribution in [0.25, 0.3) is 0 Å². The zero-order chi connectivity index (χ0) is 14.4. The number of benzene rings is 2. The highest BCUT2D eigenvalue weighted by molar-refractivity contribution is 7.90. The summed E-state index contributed by atoms with van der Waals surface area (Å²) in [5.74, 6) is 0.387. The van der Waals surface area contributed by atoms with Crippen LogP contribution < -0.4 is 0 Å². The first-order chi connectivity index (χ1) is 9.55. The molecule has 3 heteroatoms. The van der Waals surface area contributed by atoms with Gasteiger partial charge >= 0.3 is 0 Å². The molecule has 0 unspecified atom stereocenters. The molecule has 0 aliphatic rings. The lowest BCUT2D eigenvalue weighted by atomic mass is 10.1. The van der Waals surface area contributed by atoms with Gasteiger partial charge in [-0.3, -0.25) is 0 Å². The molecule has 106 valence electrons. The summed E-state index contributed by atoms with van der Waals surface area (Å²) in [5, 5.41) is 0. The van der Waals surface area contributed by atoms with Crippen LogP contribution in [0, 0.1) is 6.92 Å². The van der Waals surface area contributed by atoms with Crippen molar-refractivity contribution in [2.24, 2.45) is 0 Å². The molecule has 0 bridgehead atoms. The van der Waals surface area contributed by atoms with Crippen LogP contribution in [-0.2, 0) is 22.0 Å². The van der Waals surface area contributed by atoms with E-state index in [4.69, 9.17) is 0 Å².